The zero-order chi connectivity index (χ0) is 18.6. The van der Waals surface area contributed by atoms with Crippen LogP contribution in [0.5, 0.6) is 0 Å². The van der Waals surface area contributed by atoms with E-state index in [0.717, 1.165) is 49.1 Å². The molecule has 4 nitrogen and oxygen atoms in total. The van der Waals surface area contributed by atoms with E-state index in [0.29, 0.717) is 5.56 Å². The smallest absolute Gasteiger partial charge is 0.128 e. The van der Waals surface area contributed by atoms with Crippen LogP contribution < -0.4 is 4.90 Å². The average Bonchev–Trinajstić information content (AvgIpc) is 3.17. The van der Waals surface area contributed by atoms with Gasteiger partial charge in [-0.15, -0.1) is 11.3 Å². The Balaban J connectivity index is 1.36. The highest BCUT2D eigenvalue weighted by molar-refractivity contribution is 7.15. The Kier molecular flexibility index (Phi) is 5.40. The minimum atomic E-state index is 0.601. The molecule has 1 aliphatic rings. The lowest BCUT2D eigenvalue weighted by atomic mass is 10.2. The van der Waals surface area contributed by atoms with E-state index in [1.165, 1.54) is 9.75 Å². The van der Waals surface area contributed by atoms with Crippen LogP contribution in [0.3, 0.4) is 0 Å². The number of aromatic nitrogens is 1. The summed E-state index contributed by atoms with van der Waals surface area (Å²) in [6, 6.07) is 18.2. The number of rotatable bonds is 4. The summed E-state index contributed by atoms with van der Waals surface area (Å²) in [7, 11) is 0. The molecule has 1 saturated heterocycles. The van der Waals surface area contributed by atoms with E-state index in [1.807, 2.05) is 41.7 Å². The fraction of sp³-hybridized carbons (Fsp3) is 0.238. The standard InChI is InChI=1S/C21H19ClN4S/c22-19-4-2-1-3-18(19)20-7-6-17(27-20)15-25-9-11-26(12-10-25)21-8-5-16(13-23)14-24-21/h1-8,14H,9-12,15H2. The Morgan fingerprint density at radius 1 is 1.04 bits per heavy atom. The molecule has 2 aromatic heterocycles. The van der Waals surface area contributed by atoms with Crippen molar-refractivity contribution in [2.45, 2.75) is 6.54 Å². The first-order chi connectivity index (χ1) is 13.2. The van der Waals surface area contributed by atoms with Crippen molar-refractivity contribution in [3.63, 3.8) is 0 Å². The van der Waals surface area contributed by atoms with Crippen molar-refractivity contribution in [2.75, 3.05) is 31.1 Å². The molecule has 0 atom stereocenters. The molecule has 3 aromatic rings. The van der Waals surface area contributed by atoms with Gasteiger partial charge in [-0.25, -0.2) is 4.98 Å². The monoisotopic (exact) mass is 394 g/mol. The summed E-state index contributed by atoms with van der Waals surface area (Å²) in [6.07, 6.45) is 1.64. The second kappa shape index (κ2) is 8.10. The van der Waals surface area contributed by atoms with Gasteiger partial charge in [-0.1, -0.05) is 29.8 Å². The molecule has 3 heterocycles. The first kappa shape index (κ1) is 18.0. The highest BCUT2D eigenvalue weighted by Gasteiger charge is 2.19. The molecule has 27 heavy (non-hydrogen) atoms. The van der Waals surface area contributed by atoms with Crippen molar-refractivity contribution in [1.82, 2.24) is 9.88 Å². The van der Waals surface area contributed by atoms with E-state index in [4.69, 9.17) is 16.9 Å². The van der Waals surface area contributed by atoms with Crippen molar-refractivity contribution in [1.29, 1.82) is 5.26 Å². The Morgan fingerprint density at radius 2 is 1.85 bits per heavy atom. The molecular weight excluding hydrogens is 376 g/mol. The Bertz CT molecular complexity index is 953. The molecule has 0 unspecified atom stereocenters. The summed E-state index contributed by atoms with van der Waals surface area (Å²) < 4.78 is 0. The fourth-order valence-corrected chi connectivity index (χ4v) is 4.65. The van der Waals surface area contributed by atoms with Crippen LogP contribution in [0.1, 0.15) is 10.4 Å². The topological polar surface area (TPSA) is 43.2 Å². The largest absolute Gasteiger partial charge is 0.354 e. The predicted molar refractivity (Wildman–Crippen MR) is 111 cm³/mol. The summed E-state index contributed by atoms with van der Waals surface area (Å²) in [6.45, 7) is 4.86. The molecule has 136 valence electrons. The highest BCUT2D eigenvalue weighted by Crippen LogP contribution is 2.33. The molecule has 1 fully saturated rings. The third-order valence-electron chi connectivity index (χ3n) is 4.75. The van der Waals surface area contributed by atoms with Crippen molar-refractivity contribution >= 4 is 28.8 Å². The molecule has 0 saturated carbocycles. The number of hydrogen-bond acceptors (Lipinski definition) is 5. The number of anilines is 1. The van der Waals surface area contributed by atoms with Crippen molar-refractivity contribution in [3.05, 3.63) is 70.2 Å². The van der Waals surface area contributed by atoms with E-state index >= 15 is 0 Å². The molecule has 0 N–H and O–H groups in total. The predicted octanol–water partition coefficient (Wildman–Crippen LogP) is 4.66. The number of halogens is 1. The minimum absolute atomic E-state index is 0.601. The number of piperazine rings is 1. The van der Waals surface area contributed by atoms with Gasteiger partial charge in [0.15, 0.2) is 0 Å². The summed E-state index contributed by atoms with van der Waals surface area (Å²) in [5.41, 5.74) is 1.71. The Hall–Kier alpha value is -2.39. The second-order valence-electron chi connectivity index (χ2n) is 6.53. The SMILES string of the molecule is N#Cc1ccc(N2CCN(Cc3ccc(-c4ccccc4Cl)s3)CC2)nc1. The molecule has 0 bridgehead atoms. The van der Waals surface area contributed by atoms with Crippen LogP contribution >= 0.6 is 22.9 Å². The summed E-state index contributed by atoms with van der Waals surface area (Å²) in [4.78, 5) is 11.7. The number of benzene rings is 1. The number of nitrogens with zero attached hydrogens (tertiary/aromatic N) is 4. The first-order valence-corrected chi connectivity index (χ1v) is 10.1. The lowest BCUT2D eigenvalue weighted by molar-refractivity contribution is 0.251. The third-order valence-corrected chi connectivity index (χ3v) is 6.19. The lowest BCUT2D eigenvalue weighted by Crippen LogP contribution is -2.46. The summed E-state index contributed by atoms with van der Waals surface area (Å²) in [5.74, 6) is 0.950. The molecular formula is C21H19ClN4S. The molecule has 0 radical (unpaired) electrons. The van der Waals surface area contributed by atoms with E-state index in [1.54, 1.807) is 6.20 Å². The molecule has 0 aliphatic carbocycles. The van der Waals surface area contributed by atoms with Gasteiger partial charge < -0.3 is 4.90 Å². The van der Waals surface area contributed by atoms with Gasteiger partial charge in [0.1, 0.15) is 11.9 Å². The maximum Gasteiger partial charge on any atom is 0.128 e. The Morgan fingerprint density at radius 3 is 2.56 bits per heavy atom. The molecule has 1 aromatic carbocycles. The summed E-state index contributed by atoms with van der Waals surface area (Å²) in [5, 5.41) is 9.69. The first-order valence-electron chi connectivity index (χ1n) is 8.90. The lowest BCUT2D eigenvalue weighted by Gasteiger charge is -2.35. The normalized spacial score (nSPS) is 14.9. The van der Waals surface area contributed by atoms with Gasteiger partial charge in [-0.2, -0.15) is 5.26 Å². The van der Waals surface area contributed by atoms with Crippen LogP contribution in [-0.4, -0.2) is 36.1 Å². The number of nitriles is 1. The van der Waals surface area contributed by atoms with Crippen molar-refractivity contribution in [3.8, 4) is 16.5 Å². The molecule has 0 amide bonds. The molecule has 6 heteroatoms. The number of thiophene rings is 1. The van der Waals surface area contributed by atoms with Crippen LogP contribution in [-0.2, 0) is 6.54 Å². The van der Waals surface area contributed by atoms with Gasteiger partial charge in [0.25, 0.3) is 0 Å². The van der Waals surface area contributed by atoms with E-state index in [2.05, 4.69) is 39.1 Å². The Labute approximate surface area is 168 Å². The highest BCUT2D eigenvalue weighted by atomic mass is 35.5. The molecule has 0 spiro atoms. The second-order valence-corrected chi connectivity index (χ2v) is 8.10. The van der Waals surface area contributed by atoms with Gasteiger partial charge in [-0.05, 0) is 30.3 Å². The number of pyridine rings is 1. The van der Waals surface area contributed by atoms with Crippen LogP contribution in [0.15, 0.2) is 54.7 Å². The quantitative estimate of drug-likeness (QED) is 0.645. The van der Waals surface area contributed by atoms with Crippen LogP contribution in [0, 0.1) is 11.3 Å². The van der Waals surface area contributed by atoms with Crippen LogP contribution in [0.2, 0.25) is 5.02 Å². The van der Waals surface area contributed by atoms with E-state index in [9.17, 15) is 0 Å². The zero-order valence-corrected chi connectivity index (χ0v) is 16.4. The maximum absolute atomic E-state index is 8.89. The maximum atomic E-state index is 8.89. The van der Waals surface area contributed by atoms with Gasteiger partial charge in [-0.3, -0.25) is 4.90 Å². The van der Waals surface area contributed by atoms with Crippen LogP contribution in [0.25, 0.3) is 10.4 Å². The zero-order valence-electron chi connectivity index (χ0n) is 14.8. The summed E-state index contributed by atoms with van der Waals surface area (Å²) >= 11 is 8.13. The van der Waals surface area contributed by atoms with Gasteiger partial charge >= 0.3 is 0 Å². The van der Waals surface area contributed by atoms with Gasteiger partial charge in [0.05, 0.1) is 5.56 Å². The van der Waals surface area contributed by atoms with Crippen molar-refractivity contribution in [2.24, 2.45) is 0 Å². The molecule has 4 rings (SSSR count). The fourth-order valence-electron chi connectivity index (χ4n) is 3.26. The number of hydrogen-bond donors (Lipinski definition) is 0. The van der Waals surface area contributed by atoms with Gasteiger partial charge in [0.2, 0.25) is 0 Å². The third kappa shape index (κ3) is 4.14. The van der Waals surface area contributed by atoms with Crippen molar-refractivity contribution < 1.29 is 0 Å². The van der Waals surface area contributed by atoms with Gasteiger partial charge in [0, 0.05) is 59.3 Å². The molecule has 1 aliphatic heterocycles. The average molecular weight is 395 g/mol. The van der Waals surface area contributed by atoms with Crippen LogP contribution in [0.4, 0.5) is 5.82 Å². The van der Waals surface area contributed by atoms with E-state index in [-0.39, 0.29) is 0 Å². The van der Waals surface area contributed by atoms with E-state index < -0.39 is 0 Å². The minimum Gasteiger partial charge on any atom is -0.354 e.